The predicted octanol–water partition coefficient (Wildman–Crippen LogP) is 4.36. The fourth-order valence-corrected chi connectivity index (χ4v) is 6.11. The van der Waals surface area contributed by atoms with Gasteiger partial charge in [-0.1, -0.05) is 18.2 Å². The summed E-state index contributed by atoms with van der Waals surface area (Å²) in [5.74, 6) is 1.59. The Morgan fingerprint density at radius 1 is 1.06 bits per heavy atom. The number of pyridine rings is 1. The zero-order chi connectivity index (χ0) is 34.3. The molecular weight excluding hydrogens is 624 g/mol. The van der Waals surface area contributed by atoms with Crippen molar-refractivity contribution in [3.63, 3.8) is 0 Å². The van der Waals surface area contributed by atoms with Crippen molar-refractivity contribution in [2.45, 2.75) is 51.9 Å². The van der Waals surface area contributed by atoms with Crippen LogP contribution in [0.15, 0.2) is 73.2 Å². The Hall–Kier alpha value is -5.36. The molecule has 0 spiro atoms. The second-order valence-corrected chi connectivity index (χ2v) is 12.1. The lowest BCUT2D eigenvalue weighted by Gasteiger charge is -2.39. The number of methoxy groups -OCH3 is 1. The minimum atomic E-state index is -0.524. The molecule has 3 amide bonds. The maximum Gasteiger partial charge on any atom is 0.257 e. The zero-order valence-electron chi connectivity index (χ0n) is 27.9. The molecule has 1 fully saturated rings. The zero-order valence-corrected chi connectivity index (χ0v) is 27.9. The molecule has 4 aromatic rings. The largest absolute Gasteiger partial charge is 0.493 e. The van der Waals surface area contributed by atoms with Crippen LogP contribution < -0.4 is 14.8 Å². The number of likely N-dealkylation sites (tertiary alicyclic amines) is 1. The number of nitrogens with one attached hydrogen (secondary N) is 1. The molecule has 0 unspecified atom stereocenters. The van der Waals surface area contributed by atoms with Crippen molar-refractivity contribution in [3.8, 4) is 28.6 Å². The van der Waals surface area contributed by atoms with Crippen molar-refractivity contribution in [3.05, 3.63) is 95.6 Å². The molecule has 12 nitrogen and oxygen atoms in total. The Morgan fingerprint density at radius 2 is 1.94 bits per heavy atom. The van der Waals surface area contributed by atoms with Gasteiger partial charge < -0.3 is 29.3 Å². The van der Waals surface area contributed by atoms with Gasteiger partial charge in [0.05, 0.1) is 43.7 Å². The summed E-state index contributed by atoms with van der Waals surface area (Å²) in [6, 6.07) is 16.5. The van der Waals surface area contributed by atoms with Crippen LogP contribution in [-0.4, -0.2) is 87.9 Å². The third-order valence-electron chi connectivity index (χ3n) is 8.84. The maximum atomic E-state index is 13.8. The Bertz CT molecular complexity index is 1820. The molecule has 2 aromatic heterocycles. The summed E-state index contributed by atoms with van der Waals surface area (Å²) in [6.45, 7) is 4.82. The Labute approximate surface area is 285 Å². The topological polar surface area (TPSA) is 136 Å². The number of fused-ring (bicyclic) bond motifs is 5. The summed E-state index contributed by atoms with van der Waals surface area (Å²) in [5.41, 5.74) is 3.50. The van der Waals surface area contributed by atoms with Gasteiger partial charge in [-0.15, -0.1) is 0 Å². The van der Waals surface area contributed by atoms with Crippen molar-refractivity contribution in [1.29, 1.82) is 0 Å². The maximum absolute atomic E-state index is 13.8. The molecule has 6 rings (SSSR count). The van der Waals surface area contributed by atoms with Crippen molar-refractivity contribution in [2.75, 3.05) is 33.3 Å². The van der Waals surface area contributed by atoms with Crippen LogP contribution in [-0.2, 0) is 27.4 Å². The van der Waals surface area contributed by atoms with Gasteiger partial charge in [0.25, 0.3) is 5.91 Å². The van der Waals surface area contributed by atoms with E-state index in [1.165, 1.54) is 0 Å². The van der Waals surface area contributed by atoms with Crippen LogP contribution in [0.25, 0.3) is 11.4 Å². The molecule has 1 saturated heterocycles. The van der Waals surface area contributed by atoms with E-state index >= 15 is 0 Å². The second kappa shape index (κ2) is 15.2. The van der Waals surface area contributed by atoms with Crippen LogP contribution in [0.5, 0.6) is 17.2 Å². The average Bonchev–Trinajstić information content (AvgIpc) is 3.12. The van der Waals surface area contributed by atoms with Crippen LogP contribution >= 0.6 is 0 Å². The van der Waals surface area contributed by atoms with Gasteiger partial charge in [-0.05, 0) is 74.2 Å². The highest BCUT2D eigenvalue weighted by Crippen LogP contribution is 2.33. The molecule has 0 radical (unpaired) electrons. The molecule has 0 saturated carbocycles. The summed E-state index contributed by atoms with van der Waals surface area (Å²) in [4.78, 5) is 56.8. The quantitative estimate of drug-likeness (QED) is 0.338. The van der Waals surface area contributed by atoms with Gasteiger partial charge in [0.1, 0.15) is 5.75 Å². The van der Waals surface area contributed by atoms with Crippen LogP contribution in [0.3, 0.4) is 0 Å². The smallest absolute Gasteiger partial charge is 0.257 e. The molecule has 1 N–H and O–H groups in total. The first-order valence-corrected chi connectivity index (χ1v) is 16.5. The fourth-order valence-electron chi connectivity index (χ4n) is 6.11. The van der Waals surface area contributed by atoms with Crippen LogP contribution in [0.4, 0.5) is 0 Å². The summed E-state index contributed by atoms with van der Waals surface area (Å²) in [7, 11) is 1.58. The Kier molecular flexibility index (Phi) is 10.4. The van der Waals surface area contributed by atoms with E-state index in [4.69, 9.17) is 14.2 Å². The lowest BCUT2D eigenvalue weighted by Crippen LogP contribution is -2.57. The highest BCUT2D eigenvalue weighted by Gasteiger charge is 2.35. The molecule has 2 aliphatic heterocycles. The van der Waals surface area contributed by atoms with Crippen molar-refractivity contribution < 1.29 is 28.6 Å². The number of carbonyl (C=O) groups excluding carboxylic acids is 3. The number of hydrogen-bond donors (Lipinski definition) is 1. The number of aromatic nitrogens is 3. The number of amides is 3. The molecule has 4 bridgehead atoms. The van der Waals surface area contributed by atoms with E-state index in [1.54, 1.807) is 42.4 Å². The van der Waals surface area contributed by atoms with E-state index in [9.17, 15) is 14.4 Å². The van der Waals surface area contributed by atoms with Crippen molar-refractivity contribution >= 4 is 17.7 Å². The van der Waals surface area contributed by atoms with Gasteiger partial charge in [0.15, 0.2) is 17.3 Å². The van der Waals surface area contributed by atoms with Gasteiger partial charge in [0, 0.05) is 50.2 Å². The molecule has 4 heterocycles. The number of rotatable bonds is 4. The van der Waals surface area contributed by atoms with E-state index in [0.29, 0.717) is 60.3 Å². The average molecular weight is 665 g/mol. The summed E-state index contributed by atoms with van der Waals surface area (Å²) < 4.78 is 18.3. The molecule has 0 aliphatic carbocycles. The van der Waals surface area contributed by atoms with Crippen LogP contribution in [0.2, 0.25) is 0 Å². The second-order valence-electron chi connectivity index (χ2n) is 12.1. The van der Waals surface area contributed by atoms with E-state index in [0.717, 1.165) is 16.7 Å². The number of carbonyl (C=O) groups is 3. The highest BCUT2D eigenvalue weighted by molar-refractivity contribution is 5.95. The normalized spacial score (nSPS) is 18.8. The van der Waals surface area contributed by atoms with Gasteiger partial charge in [-0.2, -0.15) is 0 Å². The summed E-state index contributed by atoms with van der Waals surface area (Å²) in [5, 5.41) is 3.10. The number of likely N-dealkylation sites (N-methyl/N-ethyl adjacent to an activating group) is 1. The number of piperidine rings is 1. The van der Waals surface area contributed by atoms with Crippen molar-refractivity contribution in [1.82, 2.24) is 30.1 Å². The number of hydrogen-bond acceptors (Lipinski definition) is 9. The lowest BCUT2D eigenvalue weighted by atomic mass is 10.00. The monoisotopic (exact) mass is 664 g/mol. The first kappa shape index (κ1) is 33.5. The van der Waals surface area contributed by atoms with E-state index in [-0.39, 0.29) is 49.9 Å². The lowest BCUT2D eigenvalue weighted by molar-refractivity contribution is -0.136. The first-order chi connectivity index (χ1) is 23.8. The third kappa shape index (κ3) is 8.03. The van der Waals surface area contributed by atoms with Gasteiger partial charge in [0.2, 0.25) is 11.8 Å². The van der Waals surface area contributed by atoms with Gasteiger partial charge in [-0.25, -0.2) is 9.97 Å². The SMILES string of the molecule is CCN1CC(=O)N[C@H]2CCN(C(=O)c3cnc(-c4cccnc4)nc3C)C[C@@H]2OCc2cccc(c2)Oc2cc(ccc2OC)CCC1=O. The third-order valence-corrected chi connectivity index (χ3v) is 8.84. The fraction of sp³-hybridized carbons (Fsp3) is 0.351. The highest BCUT2D eigenvalue weighted by atomic mass is 16.5. The molecule has 2 aromatic carbocycles. The standard InChI is InChI=1S/C37H40N6O6/c1-4-42-22-34(44)41-30-14-16-43(37(46)29-20-39-36(40-24(29)2)27-8-6-15-38-19-27)21-33(30)48-23-26-7-5-9-28(17-26)49-32-18-25(11-13-35(42)45)10-12-31(32)47-3/h5-10,12,15,17-20,30,33H,4,11,13-14,16,21-23H2,1-3H3,(H,41,44)/t30-,33-/m0/s1. The first-order valence-electron chi connectivity index (χ1n) is 16.5. The van der Waals surface area contributed by atoms with Gasteiger partial charge >= 0.3 is 0 Å². The minimum absolute atomic E-state index is 0.0694. The minimum Gasteiger partial charge on any atom is -0.493 e. The number of benzene rings is 2. The van der Waals surface area contributed by atoms with Crippen LogP contribution in [0, 0.1) is 6.92 Å². The number of nitrogens with zero attached hydrogens (tertiary/aromatic N) is 5. The Balaban J connectivity index is 1.25. The van der Waals surface area contributed by atoms with Crippen LogP contribution in [0.1, 0.15) is 46.9 Å². The number of ether oxygens (including phenoxy) is 3. The predicted molar refractivity (Wildman–Crippen MR) is 181 cm³/mol. The summed E-state index contributed by atoms with van der Waals surface area (Å²) >= 11 is 0. The molecule has 12 heteroatoms. The van der Waals surface area contributed by atoms with Gasteiger partial charge in [-0.3, -0.25) is 19.4 Å². The van der Waals surface area contributed by atoms with E-state index in [1.807, 2.05) is 61.5 Å². The summed E-state index contributed by atoms with van der Waals surface area (Å²) in [6.07, 6.45) is 5.57. The number of aryl methyl sites for hydroxylation is 2. The van der Waals surface area contributed by atoms with E-state index in [2.05, 4.69) is 20.3 Å². The molecule has 49 heavy (non-hydrogen) atoms. The van der Waals surface area contributed by atoms with Crippen molar-refractivity contribution in [2.24, 2.45) is 0 Å². The molecule has 2 aliphatic rings. The molecule has 2 atom stereocenters. The molecular formula is C37H40N6O6. The van der Waals surface area contributed by atoms with E-state index < -0.39 is 6.10 Å². The Morgan fingerprint density at radius 3 is 2.71 bits per heavy atom. The molecule has 254 valence electrons.